The van der Waals surface area contributed by atoms with E-state index in [1.165, 1.54) is 4.80 Å². The van der Waals surface area contributed by atoms with Crippen LogP contribution in [0.15, 0.2) is 72.9 Å². The van der Waals surface area contributed by atoms with E-state index in [0.717, 1.165) is 5.56 Å². The number of hydrogen-bond acceptors (Lipinski definition) is 6. The van der Waals surface area contributed by atoms with Gasteiger partial charge in [-0.05, 0) is 35.0 Å². The van der Waals surface area contributed by atoms with Crippen molar-refractivity contribution in [1.29, 1.82) is 5.26 Å². The quantitative estimate of drug-likeness (QED) is 0.547. The lowest BCUT2D eigenvalue weighted by molar-refractivity contribution is 0.306. The molecule has 130 valence electrons. The first-order valence-electron chi connectivity index (χ1n) is 8.25. The van der Waals surface area contributed by atoms with E-state index in [9.17, 15) is 5.26 Å². The molecule has 0 aliphatic carbocycles. The number of ether oxygens (including phenoxy) is 1. The van der Waals surface area contributed by atoms with E-state index in [-0.39, 0.29) is 0 Å². The highest BCUT2D eigenvalue weighted by atomic mass is 16.5. The van der Waals surface area contributed by atoms with Crippen molar-refractivity contribution < 1.29 is 4.74 Å². The van der Waals surface area contributed by atoms with Gasteiger partial charge in [0.05, 0.1) is 17.3 Å². The Bertz CT molecular complexity index is 1090. The van der Waals surface area contributed by atoms with Gasteiger partial charge in [-0.2, -0.15) is 5.26 Å². The molecule has 27 heavy (non-hydrogen) atoms. The van der Waals surface area contributed by atoms with E-state index in [4.69, 9.17) is 4.74 Å². The van der Waals surface area contributed by atoms with Crippen molar-refractivity contribution in [1.82, 2.24) is 25.2 Å². The van der Waals surface area contributed by atoms with Crippen LogP contribution in [0.1, 0.15) is 11.1 Å². The Kier molecular flexibility index (Phi) is 4.53. The SMILES string of the molecule is N#Cc1cc(OCc2ccccc2)cc(-n2nnc(-c3ccccn3)n2)c1. The van der Waals surface area contributed by atoms with Gasteiger partial charge in [-0.3, -0.25) is 4.98 Å². The highest BCUT2D eigenvalue weighted by molar-refractivity contribution is 5.49. The van der Waals surface area contributed by atoms with E-state index in [1.54, 1.807) is 30.5 Å². The summed E-state index contributed by atoms with van der Waals surface area (Å²) < 4.78 is 5.84. The summed E-state index contributed by atoms with van der Waals surface area (Å²) in [6.07, 6.45) is 1.67. The Morgan fingerprint density at radius 2 is 1.85 bits per heavy atom. The molecule has 0 radical (unpaired) electrons. The Labute approximate surface area is 155 Å². The zero-order chi connectivity index (χ0) is 18.5. The number of nitrogens with zero attached hydrogens (tertiary/aromatic N) is 6. The van der Waals surface area contributed by atoms with E-state index in [0.29, 0.717) is 35.1 Å². The second kappa shape index (κ2) is 7.45. The van der Waals surface area contributed by atoms with Crippen LogP contribution in [-0.2, 0) is 6.61 Å². The van der Waals surface area contributed by atoms with Gasteiger partial charge in [0.15, 0.2) is 0 Å². The van der Waals surface area contributed by atoms with Gasteiger partial charge in [-0.15, -0.1) is 15.0 Å². The molecule has 0 saturated heterocycles. The first-order valence-corrected chi connectivity index (χ1v) is 8.25. The predicted molar refractivity (Wildman–Crippen MR) is 97.9 cm³/mol. The summed E-state index contributed by atoms with van der Waals surface area (Å²) in [5.41, 5.74) is 2.71. The molecule has 2 aromatic heterocycles. The first-order chi connectivity index (χ1) is 13.3. The number of pyridine rings is 1. The molecule has 0 N–H and O–H groups in total. The maximum absolute atomic E-state index is 9.32. The average Bonchev–Trinajstić information content (AvgIpc) is 3.24. The fourth-order valence-corrected chi connectivity index (χ4v) is 2.51. The van der Waals surface area contributed by atoms with Crippen molar-refractivity contribution >= 4 is 0 Å². The monoisotopic (exact) mass is 354 g/mol. The standard InChI is InChI=1S/C20H14N6O/c21-13-16-10-17(12-18(11-16)27-14-15-6-2-1-3-7-15)26-24-20(23-25-26)19-8-4-5-9-22-19/h1-12H,14H2. The molecular weight excluding hydrogens is 340 g/mol. The third-order valence-electron chi connectivity index (χ3n) is 3.81. The van der Waals surface area contributed by atoms with E-state index in [1.807, 2.05) is 42.5 Å². The van der Waals surface area contributed by atoms with E-state index >= 15 is 0 Å². The van der Waals surface area contributed by atoms with Gasteiger partial charge in [0.25, 0.3) is 0 Å². The number of hydrogen-bond donors (Lipinski definition) is 0. The Hall–Kier alpha value is -4.05. The molecule has 0 bridgehead atoms. The minimum Gasteiger partial charge on any atom is -0.489 e. The van der Waals surface area contributed by atoms with Gasteiger partial charge < -0.3 is 4.74 Å². The van der Waals surface area contributed by atoms with E-state index in [2.05, 4.69) is 26.5 Å². The van der Waals surface area contributed by atoms with Crippen LogP contribution in [0.2, 0.25) is 0 Å². The van der Waals surface area contributed by atoms with Gasteiger partial charge in [0.2, 0.25) is 5.82 Å². The van der Waals surface area contributed by atoms with Crippen molar-refractivity contribution in [3.05, 3.63) is 84.1 Å². The third kappa shape index (κ3) is 3.80. The van der Waals surface area contributed by atoms with Crippen molar-refractivity contribution in [2.75, 3.05) is 0 Å². The Morgan fingerprint density at radius 3 is 2.63 bits per heavy atom. The molecule has 0 amide bonds. The normalized spacial score (nSPS) is 10.3. The van der Waals surface area contributed by atoms with E-state index < -0.39 is 0 Å². The Balaban J connectivity index is 1.61. The average molecular weight is 354 g/mol. The number of nitriles is 1. The molecule has 0 saturated carbocycles. The van der Waals surface area contributed by atoms with Gasteiger partial charge >= 0.3 is 0 Å². The number of benzene rings is 2. The topological polar surface area (TPSA) is 89.5 Å². The molecule has 2 heterocycles. The molecule has 0 unspecified atom stereocenters. The molecular formula is C20H14N6O. The zero-order valence-corrected chi connectivity index (χ0v) is 14.2. The van der Waals surface area contributed by atoms with Crippen LogP contribution < -0.4 is 4.74 Å². The summed E-state index contributed by atoms with van der Waals surface area (Å²) in [5, 5.41) is 21.8. The fourth-order valence-electron chi connectivity index (χ4n) is 2.51. The third-order valence-corrected chi connectivity index (χ3v) is 3.81. The van der Waals surface area contributed by atoms with Gasteiger partial charge in [-0.1, -0.05) is 36.4 Å². The molecule has 0 fully saturated rings. The molecule has 0 atom stereocenters. The molecule has 7 nitrogen and oxygen atoms in total. The van der Waals surface area contributed by atoms with Crippen LogP contribution in [0.3, 0.4) is 0 Å². The molecule has 4 rings (SSSR count). The van der Waals surface area contributed by atoms with Crippen molar-refractivity contribution in [3.8, 4) is 29.0 Å². The summed E-state index contributed by atoms with van der Waals surface area (Å²) >= 11 is 0. The summed E-state index contributed by atoms with van der Waals surface area (Å²) in [4.78, 5) is 5.58. The summed E-state index contributed by atoms with van der Waals surface area (Å²) in [6, 6.07) is 22.6. The minimum atomic E-state index is 0.402. The lowest BCUT2D eigenvalue weighted by Crippen LogP contribution is -2.02. The zero-order valence-electron chi connectivity index (χ0n) is 14.2. The van der Waals surface area contributed by atoms with Crippen LogP contribution in [0.5, 0.6) is 5.75 Å². The first kappa shape index (κ1) is 16.4. The molecule has 0 spiro atoms. The highest BCUT2D eigenvalue weighted by Gasteiger charge is 2.10. The summed E-state index contributed by atoms with van der Waals surface area (Å²) in [6.45, 7) is 0.402. The predicted octanol–water partition coefficient (Wildman–Crippen LogP) is 3.17. The molecule has 2 aromatic carbocycles. The van der Waals surface area contributed by atoms with Crippen LogP contribution in [0.4, 0.5) is 0 Å². The van der Waals surface area contributed by atoms with Gasteiger partial charge in [0.1, 0.15) is 18.1 Å². The molecule has 0 aliphatic heterocycles. The van der Waals surface area contributed by atoms with Crippen LogP contribution in [0, 0.1) is 11.3 Å². The minimum absolute atomic E-state index is 0.402. The maximum Gasteiger partial charge on any atom is 0.223 e. The van der Waals surface area contributed by atoms with Crippen molar-refractivity contribution in [2.24, 2.45) is 0 Å². The number of aromatic nitrogens is 5. The van der Waals surface area contributed by atoms with Crippen LogP contribution >= 0.6 is 0 Å². The summed E-state index contributed by atoms with van der Waals surface area (Å²) in [7, 11) is 0. The number of tetrazole rings is 1. The summed E-state index contributed by atoms with van der Waals surface area (Å²) in [5.74, 6) is 0.967. The lowest BCUT2D eigenvalue weighted by Gasteiger charge is -2.08. The molecule has 7 heteroatoms. The smallest absolute Gasteiger partial charge is 0.223 e. The van der Waals surface area contributed by atoms with Gasteiger partial charge in [0, 0.05) is 12.3 Å². The van der Waals surface area contributed by atoms with Crippen LogP contribution in [-0.4, -0.2) is 25.2 Å². The Morgan fingerprint density at radius 1 is 1.00 bits per heavy atom. The molecule has 0 aliphatic rings. The lowest BCUT2D eigenvalue weighted by atomic mass is 10.2. The fraction of sp³-hybridized carbons (Fsp3) is 0.0500. The number of rotatable bonds is 5. The second-order valence-corrected chi connectivity index (χ2v) is 5.72. The maximum atomic E-state index is 9.32. The molecule has 4 aromatic rings. The highest BCUT2D eigenvalue weighted by Crippen LogP contribution is 2.21. The second-order valence-electron chi connectivity index (χ2n) is 5.72. The largest absolute Gasteiger partial charge is 0.489 e. The van der Waals surface area contributed by atoms with Crippen LogP contribution in [0.25, 0.3) is 17.2 Å². The van der Waals surface area contributed by atoms with Crippen molar-refractivity contribution in [3.63, 3.8) is 0 Å². The van der Waals surface area contributed by atoms with Gasteiger partial charge in [-0.25, -0.2) is 0 Å². The van der Waals surface area contributed by atoms with Crippen molar-refractivity contribution in [2.45, 2.75) is 6.61 Å².